The minimum atomic E-state index is -0.0189. The second-order valence-corrected chi connectivity index (χ2v) is 9.44. The van der Waals surface area contributed by atoms with Crippen molar-refractivity contribution in [1.29, 1.82) is 0 Å². The van der Waals surface area contributed by atoms with Crippen molar-refractivity contribution in [3.05, 3.63) is 63.9 Å². The van der Waals surface area contributed by atoms with Crippen LogP contribution in [0, 0.1) is 5.92 Å². The second kappa shape index (κ2) is 9.91. The third kappa shape index (κ3) is 5.03. The van der Waals surface area contributed by atoms with Gasteiger partial charge in [0.25, 0.3) is 5.56 Å². The van der Waals surface area contributed by atoms with Crippen molar-refractivity contribution in [3.63, 3.8) is 0 Å². The predicted octanol–water partition coefficient (Wildman–Crippen LogP) is 3.75. The predicted molar refractivity (Wildman–Crippen MR) is 133 cm³/mol. The fourth-order valence-electron chi connectivity index (χ4n) is 4.98. The zero-order valence-electron chi connectivity index (χ0n) is 20.1. The maximum absolute atomic E-state index is 12.1. The Hall–Kier alpha value is -2.93. The molecule has 0 aliphatic heterocycles. The molecular weight excluding hydrogens is 414 g/mol. The molecule has 7 nitrogen and oxygen atoms in total. The molecule has 0 spiro atoms. The highest BCUT2D eigenvalue weighted by atomic mass is 16.5. The van der Waals surface area contributed by atoms with E-state index in [2.05, 4.69) is 29.1 Å². The lowest BCUT2D eigenvalue weighted by Gasteiger charge is -2.29. The Morgan fingerprint density at radius 2 is 1.97 bits per heavy atom. The smallest absolute Gasteiger partial charge is 0.250 e. The number of ether oxygens (including phenoxy) is 1. The average Bonchev–Trinajstić information content (AvgIpc) is 3.04. The zero-order chi connectivity index (χ0) is 23.5. The molecule has 2 aromatic heterocycles. The van der Waals surface area contributed by atoms with E-state index in [0.717, 1.165) is 59.7 Å². The monoisotopic (exact) mass is 449 g/mol. The number of anilines is 1. The van der Waals surface area contributed by atoms with Gasteiger partial charge in [0.05, 0.1) is 12.8 Å². The third-order valence-electron chi connectivity index (χ3n) is 7.09. The van der Waals surface area contributed by atoms with Crippen LogP contribution in [0.25, 0.3) is 11.1 Å². The molecule has 1 fully saturated rings. The number of rotatable bonds is 5. The summed E-state index contributed by atoms with van der Waals surface area (Å²) in [5.41, 5.74) is 10.1. The van der Waals surface area contributed by atoms with E-state index in [9.17, 15) is 4.79 Å². The van der Waals surface area contributed by atoms with Crippen LogP contribution < -0.4 is 16.2 Å². The minimum absolute atomic E-state index is 0.0189. The van der Waals surface area contributed by atoms with Gasteiger partial charge in [-0.3, -0.25) is 4.79 Å². The Bertz CT molecular complexity index is 1100. The highest BCUT2D eigenvalue weighted by Gasteiger charge is 2.26. The number of aromatic nitrogens is 3. The number of pyridine rings is 1. The van der Waals surface area contributed by atoms with Crippen molar-refractivity contribution >= 4 is 17.0 Å². The summed E-state index contributed by atoms with van der Waals surface area (Å²) in [6, 6.07) is 8.40. The second-order valence-electron chi connectivity index (χ2n) is 9.44. The summed E-state index contributed by atoms with van der Waals surface area (Å²) >= 11 is 0. The molecule has 0 amide bonds. The number of methoxy groups -OCH3 is 1. The highest BCUT2D eigenvalue weighted by Crippen LogP contribution is 2.39. The Morgan fingerprint density at radius 3 is 2.67 bits per heavy atom. The molecule has 2 unspecified atom stereocenters. The summed E-state index contributed by atoms with van der Waals surface area (Å²) in [6.07, 6.45) is 10.3. The fraction of sp³-hybridized carbons (Fsp3) is 0.500. The lowest BCUT2D eigenvalue weighted by molar-refractivity contribution is 0.305. The number of hydrogen-bond acceptors (Lipinski definition) is 6. The van der Waals surface area contributed by atoms with Crippen molar-refractivity contribution in [1.82, 2.24) is 14.8 Å². The van der Waals surface area contributed by atoms with Crippen LogP contribution in [-0.4, -0.2) is 41.0 Å². The maximum atomic E-state index is 12.1. The van der Waals surface area contributed by atoms with E-state index in [4.69, 9.17) is 10.5 Å². The molecule has 0 saturated heterocycles. The molecule has 3 atom stereocenters. The van der Waals surface area contributed by atoms with Crippen LogP contribution in [0.15, 0.2) is 47.1 Å². The van der Waals surface area contributed by atoms with Crippen LogP contribution in [-0.2, 0) is 11.8 Å². The van der Waals surface area contributed by atoms with Crippen LogP contribution >= 0.6 is 0 Å². The fourth-order valence-corrected chi connectivity index (χ4v) is 4.98. The standard InChI is InChI=1S/C26H35N5O2/c1-17-13-22(24(33-4)16-21(17)18-11-12-30(2)26(32)14-18)23-9-10-25(29-28-23)31(3)20-8-6-5-7-19(27)15-20/h9-12,14,16-17,19-20H,5-8,13,15,27H2,1-4H3/t17?,19?,20-/m1/s1. The van der Waals surface area contributed by atoms with E-state index in [1.807, 2.05) is 24.3 Å². The van der Waals surface area contributed by atoms with Crippen molar-refractivity contribution in [3.8, 4) is 0 Å². The van der Waals surface area contributed by atoms with Gasteiger partial charge in [0.1, 0.15) is 5.76 Å². The molecule has 1 saturated carbocycles. The normalized spacial score (nSPS) is 23.7. The molecule has 4 rings (SSSR count). The summed E-state index contributed by atoms with van der Waals surface area (Å²) in [6.45, 7) is 2.17. The number of nitrogens with zero attached hydrogens (tertiary/aromatic N) is 4. The van der Waals surface area contributed by atoms with Crippen LogP contribution in [0.4, 0.5) is 5.82 Å². The van der Waals surface area contributed by atoms with Gasteiger partial charge in [0.2, 0.25) is 0 Å². The third-order valence-corrected chi connectivity index (χ3v) is 7.09. The van der Waals surface area contributed by atoms with Crippen molar-refractivity contribution in [2.24, 2.45) is 18.7 Å². The molecule has 0 radical (unpaired) electrons. The molecule has 176 valence electrons. The molecule has 0 bridgehead atoms. The number of allylic oxidation sites excluding steroid dienone is 3. The molecule has 2 heterocycles. The molecule has 2 aliphatic carbocycles. The van der Waals surface area contributed by atoms with Gasteiger partial charge in [-0.1, -0.05) is 19.8 Å². The first-order chi connectivity index (χ1) is 15.9. The van der Waals surface area contributed by atoms with Crippen LogP contribution in [0.5, 0.6) is 0 Å². The first kappa shape index (κ1) is 23.2. The van der Waals surface area contributed by atoms with Gasteiger partial charge in [-0.05, 0) is 67.0 Å². The van der Waals surface area contributed by atoms with Gasteiger partial charge >= 0.3 is 0 Å². The molecule has 33 heavy (non-hydrogen) atoms. The Kier molecular flexibility index (Phi) is 6.98. The minimum Gasteiger partial charge on any atom is -0.496 e. The van der Waals surface area contributed by atoms with Crippen LogP contribution in [0.3, 0.4) is 0 Å². The van der Waals surface area contributed by atoms with Crippen molar-refractivity contribution < 1.29 is 4.74 Å². The molecule has 0 aromatic carbocycles. The van der Waals surface area contributed by atoms with Gasteiger partial charge in [-0.15, -0.1) is 10.2 Å². The summed E-state index contributed by atoms with van der Waals surface area (Å²) in [7, 11) is 5.52. The van der Waals surface area contributed by atoms with E-state index < -0.39 is 0 Å². The van der Waals surface area contributed by atoms with E-state index in [-0.39, 0.29) is 17.5 Å². The van der Waals surface area contributed by atoms with Gasteiger partial charge in [0, 0.05) is 44.0 Å². The lowest BCUT2D eigenvalue weighted by Crippen LogP contribution is -2.36. The van der Waals surface area contributed by atoms with Crippen LogP contribution in [0.2, 0.25) is 0 Å². The van der Waals surface area contributed by atoms with E-state index in [1.54, 1.807) is 31.0 Å². The number of aryl methyl sites for hydroxylation is 1. The zero-order valence-corrected chi connectivity index (χ0v) is 20.1. The van der Waals surface area contributed by atoms with Crippen molar-refractivity contribution in [2.75, 3.05) is 19.1 Å². The number of hydrogen-bond donors (Lipinski definition) is 1. The lowest BCUT2D eigenvalue weighted by atomic mass is 9.83. The summed E-state index contributed by atoms with van der Waals surface area (Å²) in [5.74, 6) is 1.87. The Morgan fingerprint density at radius 1 is 1.18 bits per heavy atom. The topological polar surface area (TPSA) is 86.3 Å². The highest BCUT2D eigenvalue weighted by molar-refractivity contribution is 5.80. The molecule has 7 heteroatoms. The quantitative estimate of drug-likeness (QED) is 0.700. The molecule has 2 aliphatic rings. The van der Waals surface area contributed by atoms with Gasteiger partial charge in [0.15, 0.2) is 5.82 Å². The SMILES string of the molecule is COC1=C(c2ccc(N(C)[C@@H]3CCCCC(N)C3)nn2)CC(C)C(c2ccn(C)c(=O)c2)=C1. The van der Waals surface area contributed by atoms with Crippen LogP contribution in [0.1, 0.15) is 56.7 Å². The van der Waals surface area contributed by atoms with E-state index in [1.165, 1.54) is 12.8 Å². The Labute approximate surface area is 196 Å². The summed E-state index contributed by atoms with van der Waals surface area (Å²) < 4.78 is 7.31. The molecular formula is C26H35N5O2. The Balaban J connectivity index is 1.60. The van der Waals surface area contributed by atoms with E-state index in [0.29, 0.717) is 6.04 Å². The average molecular weight is 450 g/mol. The summed E-state index contributed by atoms with van der Waals surface area (Å²) in [4.78, 5) is 14.4. The van der Waals surface area contributed by atoms with Gasteiger partial charge in [-0.2, -0.15) is 0 Å². The first-order valence-electron chi connectivity index (χ1n) is 11.9. The van der Waals surface area contributed by atoms with Gasteiger partial charge in [-0.25, -0.2) is 0 Å². The van der Waals surface area contributed by atoms with E-state index >= 15 is 0 Å². The number of nitrogens with two attached hydrogens (primary N) is 1. The summed E-state index contributed by atoms with van der Waals surface area (Å²) in [5, 5.41) is 9.13. The van der Waals surface area contributed by atoms with Crippen molar-refractivity contribution in [2.45, 2.75) is 57.5 Å². The maximum Gasteiger partial charge on any atom is 0.250 e. The largest absolute Gasteiger partial charge is 0.496 e. The first-order valence-corrected chi connectivity index (χ1v) is 11.9. The molecule has 2 aromatic rings. The van der Waals surface area contributed by atoms with Gasteiger partial charge < -0.3 is 19.9 Å². The molecule has 2 N–H and O–H groups in total.